The number of H-pyrrole nitrogens is 1. The molecule has 0 bridgehead atoms. The summed E-state index contributed by atoms with van der Waals surface area (Å²) in [6.07, 6.45) is 3.39. The van der Waals surface area contributed by atoms with Gasteiger partial charge in [0, 0.05) is 55.8 Å². The third-order valence-electron chi connectivity index (χ3n) is 6.66. The predicted molar refractivity (Wildman–Crippen MR) is 137 cm³/mol. The molecular formula is C26H27Cl2N3O4. The topological polar surface area (TPSA) is 74.9 Å². The van der Waals surface area contributed by atoms with Crippen LogP contribution in [0.4, 0.5) is 0 Å². The van der Waals surface area contributed by atoms with Gasteiger partial charge in [0.1, 0.15) is 11.9 Å². The van der Waals surface area contributed by atoms with Gasteiger partial charge >= 0.3 is 0 Å². The largest absolute Gasteiger partial charge is 0.490 e. The summed E-state index contributed by atoms with van der Waals surface area (Å²) < 4.78 is 12.1. The van der Waals surface area contributed by atoms with Crippen LogP contribution in [0.25, 0.3) is 10.8 Å². The van der Waals surface area contributed by atoms with Crippen molar-refractivity contribution in [2.45, 2.75) is 25.0 Å². The highest BCUT2D eigenvalue weighted by atomic mass is 35.5. The number of carbonyl (C=O) groups excluding carboxylic acids is 1. The fourth-order valence-corrected chi connectivity index (χ4v) is 5.10. The van der Waals surface area contributed by atoms with Gasteiger partial charge in [-0.3, -0.25) is 9.59 Å². The maximum absolute atomic E-state index is 13.3. The number of nitrogens with zero attached hydrogens (tertiary/aromatic N) is 2. The van der Waals surface area contributed by atoms with E-state index in [1.165, 1.54) is 6.20 Å². The number of rotatable bonds is 5. The summed E-state index contributed by atoms with van der Waals surface area (Å²) in [4.78, 5) is 32.3. The van der Waals surface area contributed by atoms with Crippen LogP contribution in [0.2, 0.25) is 10.0 Å². The Hall–Kier alpha value is -2.58. The monoisotopic (exact) mass is 515 g/mol. The van der Waals surface area contributed by atoms with Gasteiger partial charge in [-0.05, 0) is 31.0 Å². The summed E-state index contributed by atoms with van der Waals surface area (Å²) in [7, 11) is 0. The molecule has 7 nitrogen and oxygen atoms in total. The summed E-state index contributed by atoms with van der Waals surface area (Å²) in [5.74, 6) is 0.650. The molecule has 0 aliphatic carbocycles. The number of pyridine rings is 1. The Labute approximate surface area is 213 Å². The van der Waals surface area contributed by atoms with Crippen molar-refractivity contribution in [1.82, 2.24) is 14.8 Å². The highest BCUT2D eigenvalue weighted by molar-refractivity contribution is 6.42. The second kappa shape index (κ2) is 10.6. The van der Waals surface area contributed by atoms with Crippen LogP contribution in [0.3, 0.4) is 0 Å². The summed E-state index contributed by atoms with van der Waals surface area (Å²) in [5, 5.41) is 2.20. The Balaban J connectivity index is 1.16. The molecule has 2 aromatic carbocycles. The Morgan fingerprint density at radius 2 is 1.83 bits per heavy atom. The number of ether oxygens (including phenoxy) is 2. The molecule has 0 unspecified atom stereocenters. The van der Waals surface area contributed by atoms with E-state index in [2.05, 4.69) is 9.88 Å². The molecule has 2 saturated heterocycles. The number of piperidine rings is 1. The second-order valence-electron chi connectivity index (χ2n) is 9.01. The molecule has 184 valence electrons. The van der Waals surface area contributed by atoms with Gasteiger partial charge in [0.05, 0.1) is 28.3 Å². The minimum absolute atomic E-state index is 0.0609. The number of halogens is 2. The SMILES string of the molecule is O=C(c1c[nH]c(=O)c2ccccc12)N1CCO[C@H](CN2CCC(Oc3ccc(Cl)c(Cl)c3)CC2)C1. The Morgan fingerprint density at radius 3 is 2.60 bits per heavy atom. The number of morpholine rings is 1. The van der Waals surface area contributed by atoms with E-state index in [1.807, 2.05) is 23.1 Å². The maximum atomic E-state index is 13.3. The van der Waals surface area contributed by atoms with Crippen LogP contribution in [0.5, 0.6) is 5.75 Å². The van der Waals surface area contributed by atoms with E-state index >= 15 is 0 Å². The Morgan fingerprint density at radius 1 is 1.06 bits per heavy atom. The molecule has 2 aliphatic rings. The quantitative estimate of drug-likeness (QED) is 0.550. The first-order valence-corrected chi connectivity index (χ1v) is 12.6. The summed E-state index contributed by atoms with van der Waals surface area (Å²) in [6.45, 7) is 4.09. The van der Waals surface area contributed by atoms with E-state index in [1.54, 1.807) is 24.3 Å². The lowest BCUT2D eigenvalue weighted by molar-refractivity contribution is -0.0413. The van der Waals surface area contributed by atoms with Gasteiger partial charge in [-0.1, -0.05) is 41.4 Å². The van der Waals surface area contributed by atoms with E-state index in [9.17, 15) is 9.59 Å². The number of hydrogen-bond donors (Lipinski definition) is 1. The van der Waals surface area contributed by atoms with E-state index in [4.69, 9.17) is 32.7 Å². The number of aromatic amines is 1. The van der Waals surface area contributed by atoms with E-state index in [0.717, 1.165) is 38.2 Å². The maximum Gasteiger partial charge on any atom is 0.256 e. The molecule has 2 fully saturated rings. The molecule has 2 aliphatic heterocycles. The zero-order valence-corrected chi connectivity index (χ0v) is 20.7. The fourth-order valence-electron chi connectivity index (χ4n) is 4.81. The smallest absolute Gasteiger partial charge is 0.256 e. The van der Waals surface area contributed by atoms with Crippen LogP contribution in [0.15, 0.2) is 53.5 Å². The summed E-state index contributed by atoms with van der Waals surface area (Å²) >= 11 is 12.1. The predicted octanol–water partition coefficient (Wildman–Crippen LogP) is 4.22. The molecule has 3 heterocycles. The van der Waals surface area contributed by atoms with Crippen molar-refractivity contribution in [2.75, 3.05) is 39.3 Å². The normalized spacial score (nSPS) is 19.7. The fraction of sp³-hybridized carbons (Fsp3) is 0.385. The van der Waals surface area contributed by atoms with Crippen LogP contribution in [-0.4, -0.2) is 72.2 Å². The average Bonchev–Trinajstić information content (AvgIpc) is 2.88. The van der Waals surface area contributed by atoms with Gasteiger partial charge in [-0.25, -0.2) is 0 Å². The van der Waals surface area contributed by atoms with Crippen molar-refractivity contribution in [1.29, 1.82) is 0 Å². The highest BCUT2D eigenvalue weighted by Crippen LogP contribution is 2.28. The zero-order chi connectivity index (χ0) is 24.4. The highest BCUT2D eigenvalue weighted by Gasteiger charge is 2.29. The van der Waals surface area contributed by atoms with Crippen molar-refractivity contribution in [3.05, 3.63) is 74.6 Å². The molecule has 1 amide bonds. The summed E-state index contributed by atoms with van der Waals surface area (Å²) in [5.41, 5.74) is 0.324. The van der Waals surface area contributed by atoms with E-state index in [-0.39, 0.29) is 23.7 Å². The number of carbonyl (C=O) groups is 1. The zero-order valence-electron chi connectivity index (χ0n) is 19.2. The first-order valence-electron chi connectivity index (χ1n) is 11.8. The standard InChI is InChI=1S/C26H27Cl2N3O4/c27-23-6-5-18(13-24(23)28)35-17-7-9-30(10-8-17)15-19-16-31(11-12-34-19)26(33)22-14-29-25(32)21-4-2-1-3-20(21)22/h1-6,13-14,17,19H,7-12,15-16H2,(H,29,32)/t19-/m1/s1. The molecule has 3 aromatic rings. The van der Waals surface area contributed by atoms with Gasteiger partial charge in [-0.15, -0.1) is 0 Å². The molecule has 1 atom stereocenters. The molecule has 1 N–H and O–H groups in total. The van der Waals surface area contributed by atoms with Crippen LogP contribution < -0.4 is 10.3 Å². The van der Waals surface area contributed by atoms with E-state index in [0.29, 0.717) is 46.1 Å². The van der Waals surface area contributed by atoms with Gasteiger partial charge in [0.2, 0.25) is 0 Å². The molecule has 5 rings (SSSR count). The first kappa shape index (κ1) is 24.1. The van der Waals surface area contributed by atoms with E-state index < -0.39 is 0 Å². The van der Waals surface area contributed by atoms with Crippen LogP contribution in [0.1, 0.15) is 23.2 Å². The van der Waals surface area contributed by atoms with Crippen LogP contribution in [-0.2, 0) is 4.74 Å². The number of fused-ring (bicyclic) bond motifs is 1. The van der Waals surface area contributed by atoms with Gasteiger partial charge in [0.25, 0.3) is 11.5 Å². The molecule has 0 radical (unpaired) electrons. The number of aromatic nitrogens is 1. The number of hydrogen-bond acceptors (Lipinski definition) is 5. The van der Waals surface area contributed by atoms with Gasteiger partial charge in [0.15, 0.2) is 0 Å². The average molecular weight is 516 g/mol. The lowest BCUT2D eigenvalue weighted by Crippen LogP contribution is -2.51. The third kappa shape index (κ3) is 5.48. The minimum atomic E-state index is -0.191. The minimum Gasteiger partial charge on any atom is -0.490 e. The second-order valence-corrected chi connectivity index (χ2v) is 9.83. The van der Waals surface area contributed by atoms with Gasteiger partial charge < -0.3 is 24.3 Å². The van der Waals surface area contributed by atoms with Crippen molar-refractivity contribution in [3.8, 4) is 5.75 Å². The molecule has 9 heteroatoms. The number of nitrogens with one attached hydrogen (secondary N) is 1. The molecule has 0 spiro atoms. The number of benzene rings is 2. The van der Waals surface area contributed by atoms with Crippen molar-refractivity contribution >= 4 is 39.9 Å². The van der Waals surface area contributed by atoms with Crippen molar-refractivity contribution < 1.29 is 14.3 Å². The first-order chi connectivity index (χ1) is 17.0. The van der Waals surface area contributed by atoms with Gasteiger partial charge in [-0.2, -0.15) is 0 Å². The molecular weight excluding hydrogens is 489 g/mol. The number of amides is 1. The molecule has 0 saturated carbocycles. The molecule has 1 aromatic heterocycles. The summed E-state index contributed by atoms with van der Waals surface area (Å²) in [6, 6.07) is 12.5. The third-order valence-corrected chi connectivity index (χ3v) is 7.40. The van der Waals surface area contributed by atoms with Crippen LogP contribution >= 0.6 is 23.2 Å². The number of likely N-dealkylation sites (tertiary alicyclic amines) is 1. The Kier molecular flexibility index (Phi) is 7.29. The Bertz CT molecular complexity index is 1270. The lowest BCUT2D eigenvalue weighted by atomic mass is 10.1. The van der Waals surface area contributed by atoms with Crippen molar-refractivity contribution in [2.24, 2.45) is 0 Å². The van der Waals surface area contributed by atoms with Crippen LogP contribution in [0, 0.1) is 0 Å². The lowest BCUT2D eigenvalue weighted by Gasteiger charge is -2.38. The molecule has 35 heavy (non-hydrogen) atoms. The van der Waals surface area contributed by atoms with Crippen molar-refractivity contribution in [3.63, 3.8) is 0 Å².